The van der Waals surface area contributed by atoms with Gasteiger partial charge in [0.15, 0.2) is 0 Å². The van der Waals surface area contributed by atoms with Crippen molar-refractivity contribution in [1.82, 2.24) is 9.88 Å². The van der Waals surface area contributed by atoms with Gasteiger partial charge in [-0.15, -0.1) is 0 Å². The topological polar surface area (TPSA) is 54.3 Å². The lowest BCUT2D eigenvalue weighted by atomic mass is 9.76. The molecule has 1 aliphatic rings. The smallest absolute Gasteiger partial charge is 0.268 e. The molecule has 2 rings (SSSR count). The first-order valence-corrected chi connectivity index (χ1v) is 7.18. The van der Waals surface area contributed by atoms with Crippen molar-refractivity contribution in [2.45, 2.75) is 58.2 Å². The quantitative estimate of drug-likeness (QED) is 0.857. The van der Waals surface area contributed by atoms with Crippen molar-refractivity contribution < 1.29 is 9.90 Å². The molecule has 0 bridgehead atoms. The largest absolute Gasteiger partial charge is 0.393 e. The van der Waals surface area contributed by atoms with Gasteiger partial charge in [0, 0.05) is 18.3 Å². The average Bonchev–Trinajstić information content (AvgIpc) is 2.81. The number of aliphatic hydroxyl groups is 1. The van der Waals surface area contributed by atoms with Gasteiger partial charge in [-0.25, -0.2) is 0 Å². The average molecular weight is 264 g/mol. The van der Waals surface area contributed by atoms with Crippen molar-refractivity contribution in [3.63, 3.8) is 0 Å². The molecular formula is C15H24N2O2. The van der Waals surface area contributed by atoms with E-state index in [4.69, 9.17) is 0 Å². The summed E-state index contributed by atoms with van der Waals surface area (Å²) in [6.45, 7) is 6.21. The van der Waals surface area contributed by atoms with Crippen LogP contribution in [0.15, 0.2) is 18.3 Å². The molecule has 0 unspecified atom stereocenters. The Morgan fingerprint density at radius 2 is 2.21 bits per heavy atom. The Morgan fingerprint density at radius 1 is 1.53 bits per heavy atom. The van der Waals surface area contributed by atoms with Gasteiger partial charge in [0.1, 0.15) is 5.69 Å². The van der Waals surface area contributed by atoms with E-state index in [0.717, 1.165) is 19.3 Å². The lowest BCUT2D eigenvalue weighted by Gasteiger charge is -2.37. The van der Waals surface area contributed by atoms with Crippen LogP contribution in [0.25, 0.3) is 0 Å². The molecule has 4 heteroatoms. The second-order valence-electron chi connectivity index (χ2n) is 5.77. The highest BCUT2D eigenvalue weighted by Gasteiger charge is 2.34. The van der Waals surface area contributed by atoms with Crippen molar-refractivity contribution in [3.05, 3.63) is 24.0 Å². The zero-order valence-electron chi connectivity index (χ0n) is 12.0. The Kier molecular flexibility index (Phi) is 4.30. The first kappa shape index (κ1) is 14.1. The third kappa shape index (κ3) is 3.00. The summed E-state index contributed by atoms with van der Waals surface area (Å²) < 4.78 is 1.98. The first-order chi connectivity index (χ1) is 9.02. The van der Waals surface area contributed by atoms with Crippen molar-refractivity contribution in [2.75, 3.05) is 0 Å². The maximum absolute atomic E-state index is 12.3. The lowest BCUT2D eigenvalue weighted by Crippen LogP contribution is -2.47. The van der Waals surface area contributed by atoms with E-state index in [1.165, 1.54) is 0 Å². The summed E-state index contributed by atoms with van der Waals surface area (Å²) in [7, 11) is 0. The summed E-state index contributed by atoms with van der Waals surface area (Å²) in [4.78, 5) is 12.3. The Bertz CT molecular complexity index is 433. The van der Waals surface area contributed by atoms with Gasteiger partial charge < -0.3 is 15.0 Å². The number of amides is 1. The Balaban J connectivity index is 2.01. The number of rotatable bonds is 5. The van der Waals surface area contributed by atoms with Gasteiger partial charge in [-0.2, -0.15) is 0 Å². The van der Waals surface area contributed by atoms with E-state index in [2.05, 4.69) is 26.1 Å². The second kappa shape index (κ2) is 5.78. The van der Waals surface area contributed by atoms with E-state index in [0.29, 0.717) is 11.6 Å². The fourth-order valence-electron chi connectivity index (χ4n) is 2.79. The maximum Gasteiger partial charge on any atom is 0.268 e. The lowest BCUT2D eigenvalue weighted by molar-refractivity contribution is 0.0231. The number of hydrogen-bond donors (Lipinski definition) is 2. The van der Waals surface area contributed by atoms with Gasteiger partial charge in [-0.05, 0) is 51.2 Å². The Labute approximate surface area is 114 Å². The van der Waals surface area contributed by atoms with Crippen molar-refractivity contribution >= 4 is 5.91 Å². The van der Waals surface area contributed by atoms with Crippen LogP contribution < -0.4 is 5.32 Å². The number of nitrogens with zero attached hydrogens (tertiary/aromatic N) is 1. The molecule has 2 N–H and O–H groups in total. The molecule has 0 spiro atoms. The third-order valence-corrected chi connectivity index (χ3v) is 4.04. The molecule has 1 aromatic heterocycles. The molecular weight excluding hydrogens is 240 g/mol. The number of carbonyl (C=O) groups excluding carboxylic acids is 1. The van der Waals surface area contributed by atoms with Gasteiger partial charge in [0.25, 0.3) is 5.91 Å². The maximum atomic E-state index is 12.3. The number of nitrogens with one attached hydrogen (secondary N) is 1. The van der Waals surface area contributed by atoms with Gasteiger partial charge >= 0.3 is 0 Å². The molecule has 4 nitrogen and oxygen atoms in total. The highest BCUT2D eigenvalue weighted by molar-refractivity contribution is 5.93. The zero-order valence-corrected chi connectivity index (χ0v) is 12.0. The van der Waals surface area contributed by atoms with Gasteiger partial charge in [0.05, 0.1) is 6.10 Å². The van der Waals surface area contributed by atoms with Gasteiger partial charge in [-0.3, -0.25) is 4.79 Å². The van der Waals surface area contributed by atoms with Crippen LogP contribution in [-0.4, -0.2) is 27.7 Å². The van der Waals surface area contributed by atoms with E-state index in [1.807, 2.05) is 22.9 Å². The monoisotopic (exact) mass is 264 g/mol. The van der Waals surface area contributed by atoms with Crippen molar-refractivity contribution in [3.8, 4) is 0 Å². The van der Waals surface area contributed by atoms with Crippen LogP contribution in [-0.2, 0) is 0 Å². The van der Waals surface area contributed by atoms with E-state index in [9.17, 15) is 9.90 Å². The molecule has 1 atom stereocenters. The minimum atomic E-state index is -0.171. The fourth-order valence-corrected chi connectivity index (χ4v) is 2.79. The Morgan fingerprint density at radius 3 is 2.74 bits per heavy atom. The Hall–Kier alpha value is -1.29. The summed E-state index contributed by atoms with van der Waals surface area (Å²) in [5.74, 6) is 0.415. The molecule has 1 amide bonds. The molecule has 0 aliphatic heterocycles. The molecule has 0 aromatic carbocycles. The van der Waals surface area contributed by atoms with E-state index < -0.39 is 0 Å². The number of aliphatic hydroxyl groups excluding tert-OH is 1. The van der Waals surface area contributed by atoms with Crippen LogP contribution in [0.1, 0.15) is 56.6 Å². The number of hydrogen-bond acceptors (Lipinski definition) is 2. The molecule has 1 fully saturated rings. The highest BCUT2D eigenvalue weighted by atomic mass is 16.3. The van der Waals surface area contributed by atoms with Crippen LogP contribution >= 0.6 is 0 Å². The van der Waals surface area contributed by atoms with Crippen LogP contribution in [0.3, 0.4) is 0 Å². The molecule has 1 saturated carbocycles. The van der Waals surface area contributed by atoms with Crippen LogP contribution in [0.4, 0.5) is 0 Å². The molecule has 106 valence electrons. The molecule has 1 heterocycles. The number of carbonyl (C=O) groups is 1. The first-order valence-electron chi connectivity index (χ1n) is 7.18. The third-order valence-electron chi connectivity index (χ3n) is 4.04. The predicted molar refractivity (Wildman–Crippen MR) is 75.1 cm³/mol. The normalized spacial score (nSPS) is 24.1. The van der Waals surface area contributed by atoms with E-state index in [-0.39, 0.29) is 24.1 Å². The summed E-state index contributed by atoms with van der Waals surface area (Å²) >= 11 is 0. The van der Waals surface area contributed by atoms with Crippen molar-refractivity contribution in [1.29, 1.82) is 0 Å². The second-order valence-corrected chi connectivity index (χ2v) is 5.77. The van der Waals surface area contributed by atoms with Crippen molar-refractivity contribution in [2.24, 2.45) is 5.92 Å². The van der Waals surface area contributed by atoms with Crippen LogP contribution in [0.5, 0.6) is 0 Å². The standard InChI is InChI=1S/C15H24N2O2/c1-4-13(11-8-12(18)9-11)16-15(19)14-6-5-7-17(14)10(2)3/h5-7,10-13,18H,4,8-9H2,1-3H3,(H,16,19)/t11?,12?,13-/m0/s1. The summed E-state index contributed by atoms with van der Waals surface area (Å²) in [6, 6.07) is 4.22. The highest BCUT2D eigenvalue weighted by Crippen LogP contribution is 2.31. The summed E-state index contributed by atoms with van der Waals surface area (Å²) in [5, 5.41) is 12.5. The van der Waals surface area contributed by atoms with Gasteiger partial charge in [0.2, 0.25) is 0 Å². The fraction of sp³-hybridized carbons (Fsp3) is 0.667. The minimum Gasteiger partial charge on any atom is -0.393 e. The van der Waals surface area contributed by atoms with Crippen LogP contribution in [0, 0.1) is 5.92 Å². The summed E-state index contributed by atoms with van der Waals surface area (Å²) in [5.41, 5.74) is 0.716. The zero-order chi connectivity index (χ0) is 14.0. The molecule has 0 radical (unpaired) electrons. The SMILES string of the molecule is CC[C@H](NC(=O)c1cccn1C(C)C)C1CC(O)C1. The molecule has 0 saturated heterocycles. The predicted octanol–water partition coefficient (Wildman–Crippen LogP) is 2.35. The minimum absolute atomic E-state index is 0.00746. The van der Waals surface area contributed by atoms with E-state index >= 15 is 0 Å². The summed E-state index contributed by atoms with van der Waals surface area (Å²) in [6.07, 6.45) is 4.29. The van der Waals surface area contributed by atoms with E-state index in [1.54, 1.807) is 0 Å². The molecule has 19 heavy (non-hydrogen) atoms. The number of aromatic nitrogens is 1. The van der Waals surface area contributed by atoms with Crippen LogP contribution in [0.2, 0.25) is 0 Å². The molecule has 1 aliphatic carbocycles. The molecule has 1 aromatic rings. The van der Waals surface area contributed by atoms with Gasteiger partial charge in [-0.1, -0.05) is 6.92 Å².